The minimum absolute atomic E-state index is 0.0934. The lowest BCUT2D eigenvalue weighted by atomic mass is 10.1. The molecule has 116 valence electrons. The third kappa shape index (κ3) is 3.06. The van der Waals surface area contributed by atoms with Crippen LogP contribution < -0.4 is 5.32 Å². The van der Waals surface area contributed by atoms with E-state index >= 15 is 0 Å². The maximum atomic E-state index is 12.2. The van der Waals surface area contributed by atoms with Gasteiger partial charge in [0.25, 0.3) is 5.91 Å². The van der Waals surface area contributed by atoms with Crippen molar-refractivity contribution in [2.45, 2.75) is 32.9 Å². The molecular weight excluding hydrogens is 300 g/mol. The lowest BCUT2D eigenvalue weighted by Crippen LogP contribution is -2.34. The first-order valence-corrected chi connectivity index (χ1v) is 8.19. The Bertz CT molecular complexity index is 676. The molecule has 0 radical (unpaired) electrons. The quantitative estimate of drug-likeness (QED) is 0.942. The smallest absolute Gasteiger partial charge is 0.261 e. The summed E-state index contributed by atoms with van der Waals surface area (Å²) in [6, 6.07) is 5.53. The highest BCUT2D eigenvalue weighted by Crippen LogP contribution is 2.28. The number of fused-ring (bicyclic) bond motifs is 1. The van der Waals surface area contributed by atoms with E-state index < -0.39 is 0 Å². The fraction of sp³-hybridized carbons (Fsp3) is 0.375. The summed E-state index contributed by atoms with van der Waals surface area (Å²) < 4.78 is 5.20. The number of hydrogen-bond donors (Lipinski definition) is 1. The molecule has 2 aromatic rings. The van der Waals surface area contributed by atoms with Gasteiger partial charge in [-0.05, 0) is 30.2 Å². The Balaban J connectivity index is 1.65. The van der Waals surface area contributed by atoms with Crippen molar-refractivity contribution in [3.05, 3.63) is 45.5 Å². The summed E-state index contributed by atoms with van der Waals surface area (Å²) in [5.41, 5.74) is 1.10. The number of nitrogens with one attached hydrogen (secondary N) is 1. The molecule has 2 aromatic heterocycles. The van der Waals surface area contributed by atoms with Gasteiger partial charge in [-0.1, -0.05) is 6.92 Å². The largest absolute Gasteiger partial charge is 0.467 e. The van der Waals surface area contributed by atoms with E-state index in [4.69, 9.17) is 4.42 Å². The van der Waals surface area contributed by atoms with Crippen molar-refractivity contribution in [1.29, 1.82) is 0 Å². The Labute approximate surface area is 132 Å². The van der Waals surface area contributed by atoms with Crippen molar-refractivity contribution in [3.63, 3.8) is 0 Å². The molecule has 22 heavy (non-hydrogen) atoms. The van der Waals surface area contributed by atoms with E-state index in [0.717, 1.165) is 24.3 Å². The number of thiophene rings is 1. The van der Waals surface area contributed by atoms with Crippen LogP contribution in [0.5, 0.6) is 0 Å². The molecule has 0 aromatic carbocycles. The second-order valence-electron chi connectivity index (χ2n) is 5.24. The van der Waals surface area contributed by atoms with Crippen LogP contribution >= 0.6 is 11.3 Å². The van der Waals surface area contributed by atoms with Crippen LogP contribution in [0.4, 0.5) is 0 Å². The highest BCUT2D eigenvalue weighted by Gasteiger charge is 2.23. The molecule has 0 saturated carbocycles. The van der Waals surface area contributed by atoms with Gasteiger partial charge in [-0.15, -0.1) is 11.3 Å². The molecule has 1 aliphatic heterocycles. The van der Waals surface area contributed by atoms with Gasteiger partial charge >= 0.3 is 0 Å². The van der Waals surface area contributed by atoms with Crippen LogP contribution in [0.1, 0.15) is 39.2 Å². The van der Waals surface area contributed by atoms with Gasteiger partial charge in [-0.25, -0.2) is 0 Å². The molecule has 3 rings (SSSR count). The number of rotatable bonds is 4. The average Bonchev–Trinajstić information content (AvgIpc) is 3.19. The van der Waals surface area contributed by atoms with Crippen LogP contribution in [0.15, 0.2) is 28.9 Å². The predicted octanol–water partition coefficient (Wildman–Crippen LogP) is 2.57. The van der Waals surface area contributed by atoms with Crippen LogP contribution in [-0.2, 0) is 24.3 Å². The summed E-state index contributed by atoms with van der Waals surface area (Å²) in [4.78, 5) is 27.8. The summed E-state index contributed by atoms with van der Waals surface area (Å²) in [5.74, 6) is 0.805. The fourth-order valence-corrected chi connectivity index (χ4v) is 3.63. The Kier molecular flexibility index (Phi) is 4.29. The molecule has 1 N–H and O–H groups in total. The van der Waals surface area contributed by atoms with Crippen molar-refractivity contribution < 1.29 is 14.0 Å². The third-order valence-electron chi connectivity index (χ3n) is 3.75. The normalized spacial score (nSPS) is 13.8. The number of hydrogen-bond acceptors (Lipinski definition) is 4. The molecule has 0 aliphatic carbocycles. The molecule has 0 fully saturated rings. The first-order valence-electron chi connectivity index (χ1n) is 7.37. The first kappa shape index (κ1) is 14.8. The molecule has 0 saturated heterocycles. The number of amides is 2. The fourth-order valence-electron chi connectivity index (χ4n) is 2.55. The van der Waals surface area contributed by atoms with Crippen LogP contribution in [0, 0.1) is 0 Å². The SMILES string of the molecule is CCC(=O)N1CCc2sc(C(=O)NCc3ccco3)cc2C1. The second-order valence-corrected chi connectivity index (χ2v) is 6.38. The molecule has 6 heteroatoms. The molecule has 0 spiro atoms. The zero-order valence-electron chi connectivity index (χ0n) is 12.4. The standard InChI is InChI=1S/C16H18N2O3S/c1-2-15(19)18-6-5-13-11(10-18)8-14(22-13)16(20)17-9-12-4-3-7-21-12/h3-4,7-8H,2,5-6,9-10H2,1H3,(H,17,20). The minimum Gasteiger partial charge on any atom is -0.467 e. The Hall–Kier alpha value is -2.08. The summed E-state index contributed by atoms with van der Waals surface area (Å²) in [6.45, 7) is 3.62. The molecular formula is C16H18N2O3S. The van der Waals surface area contributed by atoms with Crippen LogP contribution in [0.25, 0.3) is 0 Å². The molecule has 0 bridgehead atoms. The predicted molar refractivity (Wildman–Crippen MR) is 83.6 cm³/mol. The number of nitrogens with zero attached hydrogens (tertiary/aromatic N) is 1. The highest BCUT2D eigenvalue weighted by molar-refractivity contribution is 7.14. The average molecular weight is 318 g/mol. The van der Waals surface area contributed by atoms with Gasteiger partial charge in [0, 0.05) is 24.4 Å². The van der Waals surface area contributed by atoms with E-state index in [9.17, 15) is 9.59 Å². The maximum absolute atomic E-state index is 12.2. The lowest BCUT2D eigenvalue weighted by Gasteiger charge is -2.26. The lowest BCUT2D eigenvalue weighted by molar-refractivity contribution is -0.131. The molecule has 3 heterocycles. The molecule has 0 unspecified atom stereocenters. The molecule has 2 amide bonds. The van der Waals surface area contributed by atoms with E-state index in [0.29, 0.717) is 24.4 Å². The number of carbonyl (C=O) groups excluding carboxylic acids is 2. The van der Waals surface area contributed by atoms with Crippen molar-refractivity contribution in [3.8, 4) is 0 Å². The van der Waals surface area contributed by atoms with Gasteiger partial charge in [-0.2, -0.15) is 0 Å². The van der Waals surface area contributed by atoms with Gasteiger partial charge in [-0.3, -0.25) is 9.59 Å². The first-order chi connectivity index (χ1) is 10.7. The number of furan rings is 1. The Morgan fingerprint density at radius 2 is 2.32 bits per heavy atom. The van der Waals surface area contributed by atoms with Crippen molar-refractivity contribution in [2.24, 2.45) is 0 Å². The molecule has 0 atom stereocenters. The van der Waals surface area contributed by atoms with Gasteiger partial charge < -0.3 is 14.6 Å². The second kappa shape index (κ2) is 6.36. The third-order valence-corrected chi connectivity index (χ3v) is 4.98. The van der Waals surface area contributed by atoms with E-state index in [2.05, 4.69) is 5.32 Å². The van der Waals surface area contributed by atoms with E-state index in [1.165, 1.54) is 16.2 Å². The zero-order chi connectivity index (χ0) is 15.5. The summed E-state index contributed by atoms with van der Waals surface area (Å²) in [5, 5.41) is 2.85. The van der Waals surface area contributed by atoms with Crippen LogP contribution in [0.2, 0.25) is 0 Å². The molecule has 5 nitrogen and oxygen atoms in total. The molecule has 1 aliphatic rings. The Morgan fingerprint density at radius 3 is 3.05 bits per heavy atom. The monoisotopic (exact) mass is 318 g/mol. The van der Waals surface area contributed by atoms with Crippen molar-refractivity contribution >= 4 is 23.2 Å². The number of carbonyl (C=O) groups is 2. The van der Waals surface area contributed by atoms with Gasteiger partial charge in [0.2, 0.25) is 5.91 Å². The zero-order valence-corrected chi connectivity index (χ0v) is 13.2. The highest BCUT2D eigenvalue weighted by atomic mass is 32.1. The van der Waals surface area contributed by atoms with Crippen molar-refractivity contribution in [2.75, 3.05) is 6.54 Å². The summed E-state index contributed by atoms with van der Waals surface area (Å²) >= 11 is 1.52. The van der Waals surface area contributed by atoms with E-state index in [1.54, 1.807) is 12.3 Å². The van der Waals surface area contributed by atoms with E-state index in [1.807, 2.05) is 24.0 Å². The maximum Gasteiger partial charge on any atom is 0.261 e. The summed E-state index contributed by atoms with van der Waals surface area (Å²) in [7, 11) is 0. The van der Waals surface area contributed by atoms with Crippen molar-refractivity contribution in [1.82, 2.24) is 10.2 Å². The topological polar surface area (TPSA) is 62.6 Å². The van der Waals surface area contributed by atoms with Gasteiger partial charge in [0.05, 0.1) is 17.7 Å². The van der Waals surface area contributed by atoms with Gasteiger partial charge in [0.1, 0.15) is 5.76 Å². The van der Waals surface area contributed by atoms with Crippen LogP contribution in [0.3, 0.4) is 0 Å². The van der Waals surface area contributed by atoms with Gasteiger partial charge in [0.15, 0.2) is 0 Å². The minimum atomic E-state index is -0.0934. The summed E-state index contributed by atoms with van der Waals surface area (Å²) in [6.07, 6.45) is 2.94. The van der Waals surface area contributed by atoms with Crippen LogP contribution in [-0.4, -0.2) is 23.3 Å². The van der Waals surface area contributed by atoms with E-state index in [-0.39, 0.29) is 11.8 Å². The Morgan fingerprint density at radius 1 is 1.45 bits per heavy atom.